The SMILES string of the molecule is COc1cc(C(=O)N2Cc3ccccc3CC2CO[Si](C)(C)C(C)(C)C)c(N)cc1OCCCC(=O)O. The third-order valence-electron chi connectivity index (χ3n) is 7.42. The second-order valence-corrected chi connectivity index (χ2v) is 15.9. The molecule has 1 unspecified atom stereocenters. The van der Waals surface area contributed by atoms with Gasteiger partial charge < -0.3 is 29.6 Å². The van der Waals surface area contributed by atoms with E-state index in [0.29, 0.717) is 43.1 Å². The number of carbonyl (C=O) groups is 2. The van der Waals surface area contributed by atoms with Gasteiger partial charge in [0.15, 0.2) is 19.8 Å². The molecule has 202 valence electrons. The van der Waals surface area contributed by atoms with E-state index in [0.717, 1.165) is 5.56 Å². The zero-order valence-corrected chi connectivity index (χ0v) is 23.8. The minimum Gasteiger partial charge on any atom is -0.493 e. The van der Waals surface area contributed by atoms with Gasteiger partial charge in [-0.2, -0.15) is 0 Å². The number of rotatable bonds is 10. The van der Waals surface area contributed by atoms with Crippen LogP contribution >= 0.6 is 0 Å². The van der Waals surface area contributed by atoms with Crippen molar-refractivity contribution in [2.75, 3.05) is 26.1 Å². The molecule has 1 amide bonds. The highest BCUT2D eigenvalue weighted by atomic mass is 28.4. The van der Waals surface area contributed by atoms with E-state index in [-0.39, 0.29) is 35.7 Å². The van der Waals surface area contributed by atoms with E-state index in [2.05, 4.69) is 46.0 Å². The molecule has 0 fully saturated rings. The van der Waals surface area contributed by atoms with E-state index in [9.17, 15) is 9.59 Å². The van der Waals surface area contributed by atoms with E-state index in [1.54, 1.807) is 12.1 Å². The largest absolute Gasteiger partial charge is 0.493 e. The molecule has 1 aliphatic heterocycles. The van der Waals surface area contributed by atoms with Crippen LogP contribution in [-0.2, 0) is 22.2 Å². The molecule has 3 rings (SSSR count). The second-order valence-electron chi connectivity index (χ2n) is 11.1. The van der Waals surface area contributed by atoms with Gasteiger partial charge in [-0.05, 0) is 48.2 Å². The summed E-state index contributed by atoms with van der Waals surface area (Å²) < 4.78 is 17.7. The molecular formula is C28H40N2O6Si. The fourth-order valence-electron chi connectivity index (χ4n) is 4.09. The molecule has 0 saturated carbocycles. The van der Waals surface area contributed by atoms with Crippen molar-refractivity contribution in [1.29, 1.82) is 0 Å². The lowest BCUT2D eigenvalue weighted by atomic mass is 9.93. The van der Waals surface area contributed by atoms with E-state index >= 15 is 0 Å². The number of hydrogen-bond acceptors (Lipinski definition) is 6. The van der Waals surface area contributed by atoms with Crippen LogP contribution in [0.15, 0.2) is 36.4 Å². The van der Waals surface area contributed by atoms with Crippen molar-refractivity contribution in [2.24, 2.45) is 0 Å². The molecule has 0 aromatic heterocycles. The average molecular weight is 529 g/mol. The van der Waals surface area contributed by atoms with Gasteiger partial charge in [-0.15, -0.1) is 0 Å². The number of ether oxygens (including phenoxy) is 2. The standard InChI is InChI=1S/C28H40N2O6Si/c1-28(2,3)37(5,6)36-18-21-14-19-10-7-8-11-20(19)17-30(21)27(33)22-15-24(34-4)25(16-23(22)29)35-13-9-12-26(31)32/h7-8,10-11,15-16,21H,9,12-14,17-18,29H2,1-6H3,(H,31,32). The minimum absolute atomic E-state index is 0.00311. The first-order valence-corrected chi connectivity index (χ1v) is 15.6. The Morgan fingerprint density at radius 2 is 1.81 bits per heavy atom. The Balaban J connectivity index is 1.87. The molecule has 1 heterocycles. The van der Waals surface area contributed by atoms with E-state index < -0.39 is 14.3 Å². The van der Waals surface area contributed by atoms with Gasteiger partial charge in [0.1, 0.15) is 0 Å². The van der Waals surface area contributed by atoms with Gasteiger partial charge in [-0.3, -0.25) is 9.59 Å². The Bertz CT molecular complexity index is 1130. The number of hydrogen-bond donors (Lipinski definition) is 2. The summed E-state index contributed by atoms with van der Waals surface area (Å²) >= 11 is 0. The average Bonchev–Trinajstić information content (AvgIpc) is 2.83. The number of anilines is 1. The first-order valence-electron chi connectivity index (χ1n) is 12.7. The predicted octanol–water partition coefficient (Wildman–Crippen LogP) is 5.11. The van der Waals surface area contributed by atoms with E-state index in [1.807, 2.05) is 17.0 Å². The molecule has 0 bridgehead atoms. The fourth-order valence-corrected chi connectivity index (χ4v) is 5.13. The summed E-state index contributed by atoms with van der Waals surface area (Å²) in [5.74, 6) is -0.319. The Morgan fingerprint density at radius 1 is 1.14 bits per heavy atom. The number of benzene rings is 2. The Hall–Kier alpha value is -3.04. The number of methoxy groups -OCH3 is 1. The third-order valence-corrected chi connectivity index (χ3v) is 11.9. The summed E-state index contributed by atoms with van der Waals surface area (Å²) in [6.45, 7) is 12.2. The zero-order chi connectivity index (χ0) is 27.4. The Kier molecular flexibility index (Phi) is 8.91. The maximum absolute atomic E-state index is 13.9. The first-order chi connectivity index (χ1) is 17.3. The molecule has 0 spiro atoms. The molecule has 37 heavy (non-hydrogen) atoms. The first kappa shape index (κ1) is 28.5. The van der Waals surface area contributed by atoms with E-state index in [4.69, 9.17) is 24.7 Å². The van der Waals surface area contributed by atoms with Crippen molar-refractivity contribution >= 4 is 25.9 Å². The lowest BCUT2D eigenvalue weighted by molar-refractivity contribution is -0.137. The highest BCUT2D eigenvalue weighted by molar-refractivity contribution is 6.74. The number of carbonyl (C=O) groups excluding carboxylic acids is 1. The molecule has 1 atom stereocenters. The molecule has 0 saturated heterocycles. The second kappa shape index (κ2) is 11.6. The van der Waals surface area contributed by atoms with Gasteiger partial charge in [-0.25, -0.2) is 0 Å². The summed E-state index contributed by atoms with van der Waals surface area (Å²) in [5, 5.41) is 8.89. The number of carboxylic acids is 1. The van der Waals surface area contributed by atoms with Crippen LogP contribution in [-0.4, -0.2) is 56.6 Å². The Labute approximate surface area is 220 Å². The van der Waals surface area contributed by atoms with Crippen LogP contribution < -0.4 is 15.2 Å². The summed E-state index contributed by atoms with van der Waals surface area (Å²) in [6.07, 6.45) is 1.06. The van der Waals surface area contributed by atoms with Crippen LogP contribution in [0.1, 0.15) is 55.1 Å². The fraction of sp³-hybridized carbons (Fsp3) is 0.500. The predicted molar refractivity (Wildman–Crippen MR) is 147 cm³/mol. The smallest absolute Gasteiger partial charge is 0.303 e. The molecule has 2 aromatic rings. The maximum atomic E-state index is 13.9. The monoisotopic (exact) mass is 528 g/mol. The van der Waals surface area contributed by atoms with Crippen molar-refractivity contribution in [3.63, 3.8) is 0 Å². The molecule has 3 N–H and O–H groups in total. The van der Waals surface area contributed by atoms with Crippen molar-refractivity contribution in [2.45, 2.75) is 70.8 Å². The van der Waals surface area contributed by atoms with Crippen LogP contribution in [0.25, 0.3) is 0 Å². The molecular weight excluding hydrogens is 488 g/mol. The molecule has 1 aliphatic rings. The number of aliphatic carboxylic acids is 1. The molecule has 2 aromatic carbocycles. The summed E-state index contributed by atoms with van der Waals surface area (Å²) in [6, 6.07) is 11.2. The number of fused-ring (bicyclic) bond motifs is 1. The van der Waals surface area contributed by atoms with Crippen molar-refractivity contribution in [3.05, 3.63) is 53.1 Å². The summed E-state index contributed by atoms with van der Waals surface area (Å²) in [5.41, 5.74) is 9.30. The van der Waals surface area contributed by atoms with Gasteiger partial charge in [0, 0.05) is 24.7 Å². The lowest BCUT2D eigenvalue weighted by Crippen LogP contribution is -2.50. The molecule has 0 radical (unpaired) electrons. The quantitative estimate of drug-likeness (QED) is 0.250. The number of carboxylic acid groups (broad SMARTS) is 1. The maximum Gasteiger partial charge on any atom is 0.303 e. The summed E-state index contributed by atoms with van der Waals surface area (Å²) in [7, 11) is -0.520. The van der Waals surface area contributed by atoms with E-state index in [1.165, 1.54) is 12.7 Å². The van der Waals surface area contributed by atoms with Crippen molar-refractivity contribution in [1.82, 2.24) is 4.90 Å². The lowest BCUT2D eigenvalue weighted by Gasteiger charge is -2.41. The molecule has 9 heteroatoms. The van der Waals surface area contributed by atoms with Crippen LogP contribution in [0.2, 0.25) is 18.1 Å². The number of amides is 1. The zero-order valence-electron chi connectivity index (χ0n) is 22.8. The van der Waals surface area contributed by atoms with Crippen LogP contribution in [0, 0.1) is 0 Å². The van der Waals surface area contributed by atoms with Crippen molar-refractivity contribution in [3.8, 4) is 11.5 Å². The number of nitrogens with two attached hydrogens (primary N) is 1. The van der Waals surface area contributed by atoms with Crippen LogP contribution in [0.5, 0.6) is 11.5 Å². The Morgan fingerprint density at radius 3 is 2.43 bits per heavy atom. The van der Waals surface area contributed by atoms with Crippen LogP contribution in [0.3, 0.4) is 0 Å². The normalized spacial score (nSPS) is 15.7. The topological polar surface area (TPSA) is 111 Å². The highest BCUT2D eigenvalue weighted by Gasteiger charge is 2.39. The highest BCUT2D eigenvalue weighted by Crippen LogP contribution is 2.38. The van der Waals surface area contributed by atoms with Crippen molar-refractivity contribution < 1.29 is 28.6 Å². The minimum atomic E-state index is -2.02. The molecule has 8 nitrogen and oxygen atoms in total. The van der Waals surface area contributed by atoms with Gasteiger partial charge in [0.25, 0.3) is 5.91 Å². The molecule has 0 aliphatic carbocycles. The van der Waals surface area contributed by atoms with Gasteiger partial charge >= 0.3 is 5.97 Å². The van der Waals surface area contributed by atoms with Gasteiger partial charge in [-0.1, -0.05) is 45.0 Å². The van der Waals surface area contributed by atoms with Gasteiger partial charge in [0.05, 0.1) is 31.9 Å². The summed E-state index contributed by atoms with van der Waals surface area (Å²) in [4.78, 5) is 26.5. The third kappa shape index (κ3) is 6.84. The number of nitrogens with zero attached hydrogens (tertiary/aromatic N) is 1. The van der Waals surface area contributed by atoms with Gasteiger partial charge in [0.2, 0.25) is 0 Å². The van der Waals surface area contributed by atoms with Crippen LogP contribution in [0.4, 0.5) is 5.69 Å². The number of nitrogen functional groups attached to an aromatic ring is 1.